The molecule has 0 bridgehead atoms. The molecule has 1 heterocycles. The molecule has 12 rings (SSSR count). The monoisotopic (exact) mass is 762 g/mol. The summed E-state index contributed by atoms with van der Waals surface area (Å²) in [6.07, 6.45) is 4.71. The molecule has 3 aliphatic rings. The topological polar surface area (TPSA) is 6.48 Å². The number of anilines is 6. The number of hydrogen-bond acceptors (Lipinski definition) is 3. The first-order valence-corrected chi connectivity index (χ1v) is 21.6. The number of para-hydroxylation sites is 3. The number of hydrogen-bond donors (Lipinski definition) is 0. The van der Waals surface area contributed by atoms with Crippen molar-refractivity contribution >= 4 is 65.6 Å². The zero-order valence-corrected chi connectivity index (χ0v) is 33.1. The molecule has 3 unspecified atom stereocenters. The van der Waals surface area contributed by atoms with E-state index in [-0.39, 0.29) is 5.41 Å². The van der Waals surface area contributed by atoms with Gasteiger partial charge >= 0.3 is 0 Å². The van der Waals surface area contributed by atoms with Crippen LogP contribution in [0.25, 0.3) is 31.3 Å². The summed E-state index contributed by atoms with van der Waals surface area (Å²) in [7, 11) is 0. The molecule has 3 heteroatoms. The zero-order valence-electron chi connectivity index (χ0n) is 32.3. The smallest absolute Gasteiger partial charge is 0.0540 e. The molecule has 8 aromatic carbocycles. The molecular weight excluding hydrogens is 721 g/mol. The fourth-order valence-electron chi connectivity index (χ4n) is 11.4. The number of fused-ring (bicyclic) bond motifs is 5. The first-order chi connectivity index (χ1) is 28.8. The van der Waals surface area contributed by atoms with Gasteiger partial charge in [-0.05, 0) is 126 Å². The van der Waals surface area contributed by atoms with Gasteiger partial charge in [0.05, 0.1) is 17.1 Å². The Balaban J connectivity index is 1.14. The zero-order chi connectivity index (χ0) is 38.2. The second-order valence-corrected chi connectivity index (χ2v) is 17.5. The van der Waals surface area contributed by atoms with Crippen molar-refractivity contribution in [3.8, 4) is 11.1 Å². The van der Waals surface area contributed by atoms with E-state index in [1.165, 1.54) is 101 Å². The lowest BCUT2D eigenvalue weighted by molar-refractivity contribution is 0.350. The molecule has 0 saturated heterocycles. The number of rotatable bonds is 7. The second kappa shape index (κ2) is 13.3. The Labute approximate surface area is 344 Å². The van der Waals surface area contributed by atoms with E-state index >= 15 is 0 Å². The lowest BCUT2D eigenvalue weighted by Crippen LogP contribution is -2.34. The molecule has 58 heavy (non-hydrogen) atoms. The highest BCUT2D eigenvalue weighted by Crippen LogP contribution is 2.69. The summed E-state index contributed by atoms with van der Waals surface area (Å²) in [5, 5.41) is 2.66. The average Bonchev–Trinajstić information content (AvgIpc) is 4.02. The van der Waals surface area contributed by atoms with Gasteiger partial charge < -0.3 is 9.80 Å². The SMILES string of the molecule is c1ccc(-c2ccccc2N(c2ccc3c(c2)sc2ccccc23)c2cccc3c2C24c5c(cccc5N(c5ccccc5)c5ccccc5)CC2CCC4C3)cc1. The van der Waals surface area contributed by atoms with Crippen molar-refractivity contribution < 1.29 is 0 Å². The van der Waals surface area contributed by atoms with Crippen molar-refractivity contribution in [2.24, 2.45) is 11.8 Å². The van der Waals surface area contributed by atoms with Crippen molar-refractivity contribution in [1.29, 1.82) is 0 Å². The van der Waals surface area contributed by atoms with Crippen molar-refractivity contribution in [3.63, 3.8) is 0 Å². The van der Waals surface area contributed by atoms with Crippen LogP contribution in [0.2, 0.25) is 0 Å². The van der Waals surface area contributed by atoms with E-state index in [4.69, 9.17) is 0 Å². The molecule has 2 nitrogen and oxygen atoms in total. The third kappa shape index (κ3) is 4.96. The Morgan fingerprint density at radius 2 is 0.948 bits per heavy atom. The predicted molar refractivity (Wildman–Crippen MR) is 245 cm³/mol. The molecule has 1 aromatic heterocycles. The van der Waals surface area contributed by atoms with Crippen LogP contribution in [0.4, 0.5) is 34.1 Å². The normalized spacial score (nSPS) is 18.8. The molecule has 0 aliphatic heterocycles. The maximum absolute atomic E-state index is 2.63. The van der Waals surface area contributed by atoms with Crippen LogP contribution in [-0.4, -0.2) is 0 Å². The highest BCUT2D eigenvalue weighted by atomic mass is 32.1. The van der Waals surface area contributed by atoms with Crippen LogP contribution < -0.4 is 9.80 Å². The molecule has 9 aromatic rings. The van der Waals surface area contributed by atoms with Gasteiger partial charge in [-0.15, -0.1) is 11.3 Å². The Bertz CT molecular complexity index is 2940. The molecule has 1 spiro atoms. The van der Waals surface area contributed by atoms with Gasteiger partial charge in [0.15, 0.2) is 0 Å². The third-order valence-corrected chi connectivity index (χ3v) is 14.7. The van der Waals surface area contributed by atoms with Gasteiger partial charge in [0.2, 0.25) is 0 Å². The van der Waals surface area contributed by atoms with Crippen LogP contribution in [0, 0.1) is 11.8 Å². The lowest BCUT2D eigenvalue weighted by atomic mass is 9.68. The van der Waals surface area contributed by atoms with Gasteiger partial charge in [-0.2, -0.15) is 0 Å². The van der Waals surface area contributed by atoms with Gasteiger partial charge in [-0.1, -0.05) is 133 Å². The first kappa shape index (κ1) is 33.7. The van der Waals surface area contributed by atoms with Gasteiger partial charge in [0.1, 0.15) is 0 Å². The fourth-order valence-corrected chi connectivity index (χ4v) is 12.5. The van der Waals surface area contributed by atoms with E-state index in [1.54, 1.807) is 0 Å². The molecule has 3 aliphatic carbocycles. The van der Waals surface area contributed by atoms with E-state index in [0.29, 0.717) is 11.8 Å². The molecule has 278 valence electrons. The summed E-state index contributed by atoms with van der Waals surface area (Å²) in [6, 6.07) is 72.4. The van der Waals surface area contributed by atoms with Gasteiger partial charge in [0, 0.05) is 48.2 Å². The lowest BCUT2D eigenvalue weighted by Gasteiger charge is -2.40. The number of thiophene rings is 1. The van der Waals surface area contributed by atoms with Crippen LogP contribution in [0.3, 0.4) is 0 Å². The van der Waals surface area contributed by atoms with E-state index < -0.39 is 0 Å². The summed E-state index contributed by atoms with van der Waals surface area (Å²) in [4.78, 5) is 5.16. The van der Waals surface area contributed by atoms with Crippen molar-refractivity contribution in [1.82, 2.24) is 0 Å². The molecule has 1 fully saturated rings. The minimum atomic E-state index is -0.124. The molecule has 0 radical (unpaired) electrons. The van der Waals surface area contributed by atoms with Gasteiger partial charge in [-0.25, -0.2) is 0 Å². The summed E-state index contributed by atoms with van der Waals surface area (Å²) in [5.41, 5.74) is 15.8. The van der Waals surface area contributed by atoms with Crippen LogP contribution in [0.5, 0.6) is 0 Å². The second-order valence-electron chi connectivity index (χ2n) is 16.4. The van der Waals surface area contributed by atoms with Crippen molar-refractivity contribution in [2.75, 3.05) is 9.80 Å². The predicted octanol–water partition coefficient (Wildman–Crippen LogP) is 15.1. The van der Waals surface area contributed by atoms with Crippen LogP contribution in [-0.2, 0) is 18.3 Å². The fraction of sp³-hybridized carbons (Fsp3) is 0.127. The minimum Gasteiger partial charge on any atom is -0.310 e. The average molecular weight is 763 g/mol. The maximum atomic E-state index is 2.63. The Hall–Kier alpha value is -6.42. The summed E-state index contributed by atoms with van der Waals surface area (Å²) < 4.78 is 2.65. The number of nitrogens with zero attached hydrogens (tertiary/aromatic N) is 2. The molecule has 3 atom stereocenters. The van der Waals surface area contributed by atoms with E-state index in [9.17, 15) is 0 Å². The molecule has 0 amide bonds. The van der Waals surface area contributed by atoms with E-state index in [0.717, 1.165) is 12.8 Å². The first-order valence-electron chi connectivity index (χ1n) is 20.8. The maximum Gasteiger partial charge on any atom is 0.0540 e. The number of benzene rings is 8. The standard InChI is InChI=1S/C55H42N2S/c1-4-16-37(17-5-1)45-24-10-12-26-48(45)57(44-32-33-47-46-25-11-13-29-51(46)58-52(47)36-44)50-28-15-19-39-35-41-31-30-40-34-38-18-14-27-49(53(38)55(40,41)54(39)50)56(42-20-6-2-7-21-42)43-22-8-3-9-23-43/h1-29,32-33,36,40-41H,30-31,34-35H2. The summed E-state index contributed by atoms with van der Waals surface area (Å²) in [5.74, 6) is 1.06. The minimum absolute atomic E-state index is 0.124. The van der Waals surface area contributed by atoms with Crippen LogP contribution >= 0.6 is 11.3 Å². The van der Waals surface area contributed by atoms with E-state index in [2.05, 4.69) is 204 Å². The largest absolute Gasteiger partial charge is 0.310 e. The highest BCUT2D eigenvalue weighted by molar-refractivity contribution is 7.25. The molecule has 1 saturated carbocycles. The van der Waals surface area contributed by atoms with Crippen molar-refractivity contribution in [2.45, 2.75) is 31.1 Å². The van der Waals surface area contributed by atoms with Crippen LogP contribution in [0.1, 0.15) is 35.1 Å². The third-order valence-electron chi connectivity index (χ3n) is 13.5. The van der Waals surface area contributed by atoms with E-state index in [1.807, 2.05) is 11.3 Å². The van der Waals surface area contributed by atoms with Gasteiger partial charge in [0.25, 0.3) is 0 Å². The Kier molecular flexibility index (Phi) is 7.74. The molecular formula is C55H42N2S. The highest BCUT2D eigenvalue weighted by Gasteiger charge is 2.62. The molecule has 0 N–H and O–H groups in total. The summed E-state index contributed by atoms with van der Waals surface area (Å²) in [6.45, 7) is 0. The Morgan fingerprint density at radius 1 is 0.414 bits per heavy atom. The summed E-state index contributed by atoms with van der Waals surface area (Å²) >= 11 is 1.90. The Morgan fingerprint density at radius 3 is 1.62 bits per heavy atom. The quantitative estimate of drug-likeness (QED) is 0.160. The van der Waals surface area contributed by atoms with Crippen molar-refractivity contribution in [3.05, 3.63) is 216 Å². The van der Waals surface area contributed by atoms with Gasteiger partial charge in [-0.3, -0.25) is 0 Å². The van der Waals surface area contributed by atoms with Crippen LogP contribution in [0.15, 0.2) is 194 Å².